The van der Waals surface area contributed by atoms with Gasteiger partial charge in [-0.1, -0.05) is 46.8 Å². The Hall–Kier alpha value is -2.37. The summed E-state index contributed by atoms with van der Waals surface area (Å²) in [6.07, 6.45) is 0.337. The lowest BCUT2D eigenvalue weighted by Gasteiger charge is -2.19. The number of hydrogen-bond donors (Lipinski definition) is 3. The van der Waals surface area contributed by atoms with Gasteiger partial charge in [-0.25, -0.2) is 4.79 Å². The number of carbonyl (C=O) groups excluding carboxylic acids is 2. The van der Waals surface area contributed by atoms with E-state index in [1.54, 1.807) is 12.1 Å². The summed E-state index contributed by atoms with van der Waals surface area (Å²) in [6.45, 7) is 9.76. The Balaban J connectivity index is 2.58. The van der Waals surface area contributed by atoms with Gasteiger partial charge >= 0.3 is 5.97 Å². The fourth-order valence-corrected chi connectivity index (χ4v) is 2.32. The SMILES string of the molecule is CC(C)CC(NC(=O)CNC(=O)c1ccc(C(C)(C)C)cc1)C(=O)O. The molecule has 6 heteroatoms. The molecular weight excluding hydrogens is 320 g/mol. The van der Waals surface area contributed by atoms with Crippen LogP contribution < -0.4 is 10.6 Å². The summed E-state index contributed by atoms with van der Waals surface area (Å²) >= 11 is 0. The Morgan fingerprint density at radius 2 is 1.64 bits per heavy atom. The number of amides is 2. The summed E-state index contributed by atoms with van der Waals surface area (Å²) in [5.74, 6) is -1.83. The second-order valence-electron chi connectivity index (χ2n) is 7.60. The van der Waals surface area contributed by atoms with Crippen molar-refractivity contribution in [2.75, 3.05) is 6.54 Å². The molecule has 0 aliphatic heterocycles. The van der Waals surface area contributed by atoms with E-state index in [0.29, 0.717) is 12.0 Å². The highest BCUT2D eigenvalue weighted by atomic mass is 16.4. The van der Waals surface area contributed by atoms with Crippen LogP contribution in [0.1, 0.15) is 57.0 Å². The van der Waals surface area contributed by atoms with Crippen LogP contribution in [0.25, 0.3) is 0 Å². The molecule has 0 bridgehead atoms. The van der Waals surface area contributed by atoms with Gasteiger partial charge in [-0.15, -0.1) is 0 Å². The molecule has 0 spiro atoms. The molecule has 2 amide bonds. The van der Waals surface area contributed by atoms with E-state index in [4.69, 9.17) is 5.11 Å². The zero-order chi connectivity index (χ0) is 19.2. The molecule has 1 unspecified atom stereocenters. The molecule has 0 saturated heterocycles. The first kappa shape index (κ1) is 20.7. The van der Waals surface area contributed by atoms with Gasteiger partial charge in [0.2, 0.25) is 5.91 Å². The van der Waals surface area contributed by atoms with E-state index in [1.165, 1.54) is 0 Å². The van der Waals surface area contributed by atoms with Crippen molar-refractivity contribution in [3.63, 3.8) is 0 Å². The minimum absolute atomic E-state index is 0.00283. The van der Waals surface area contributed by atoms with Gasteiger partial charge in [0.1, 0.15) is 6.04 Å². The Bertz CT molecular complexity index is 615. The minimum atomic E-state index is -1.08. The molecule has 1 aromatic carbocycles. The molecule has 1 aromatic rings. The van der Waals surface area contributed by atoms with Gasteiger partial charge in [-0.2, -0.15) is 0 Å². The zero-order valence-corrected chi connectivity index (χ0v) is 15.6. The lowest BCUT2D eigenvalue weighted by atomic mass is 9.87. The van der Waals surface area contributed by atoms with Gasteiger partial charge in [0, 0.05) is 5.56 Å². The van der Waals surface area contributed by atoms with Crippen molar-refractivity contribution >= 4 is 17.8 Å². The van der Waals surface area contributed by atoms with E-state index < -0.39 is 17.9 Å². The van der Waals surface area contributed by atoms with E-state index in [1.807, 2.05) is 26.0 Å². The predicted molar refractivity (Wildman–Crippen MR) is 96.5 cm³/mol. The van der Waals surface area contributed by atoms with Crippen LogP contribution in [0.3, 0.4) is 0 Å². The topological polar surface area (TPSA) is 95.5 Å². The third-order valence-electron chi connectivity index (χ3n) is 3.76. The summed E-state index contributed by atoms with van der Waals surface area (Å²) in [5, 5.41) is 14.1. The monoisotopic (exact) mass is 348 g/mol. The molecule has 1 atom stereocenters. The van der Waals surface area contributed by atoms with Crippen LogP contribution in [0, 0.1) is 5.92 Å². The van der Waals surface area contributed by atoms with Gasteiger partial charge in [0.05, 0.1) is 6.54 Å². The van der Waals surface area contributed by atoms with Crippen molar-refractivity contribution in [1.29, 1.82) is 0 Å². The number of benzene rings is 1. The largest absolute Gasteiger partial charge is 0.480 e. The molecule has 3 N–H and O–H groups in total. The fourth-order valence-electron chi connectivity index (χ4n) is 2.32. The van der Waals surface area contributed by atoms with Crippen LogP contribution in [0.5, 0.6) is 0 Å². The Kier molecular flexibility index (Phi) is 7.15. The molecular formula is C19H28N2O4. The van der Waals surface area contributed by atoms with E-state index >= 15 is 0 Å². The van der Waals surface area contributed by atoms with Gasteiger partial charge in [-0.3, -0.25) is 9.59 Å². The first-order valence-corrected chi connectivity index (χ1v) is 8.41. The number of carboxylic acids is 1. The summed E-state index contributed by atoms with van der Waals surface area (Å²) in [6, 6.07) is 6.26. The number of carboxylic acid groups (broad SMARTS) is 1. The van der Waals surface area contributed by atoms with Crippen molar-refractivity contribution in [2.45, 2.75) is 52.5 Å². The summed E-state index contributed by atoms with van der Waals surface area (Å²) < 4.78 is 0. The van der Waals surface area contributed by atoms with Gasteiger partial charge < -0.3 is 15.7 Å². The quantitative estimate of drug-likeness (QED) is 0.705. The van der Waals surface area contributed by atoms with Crippen molar-refractivity contribution in [1.82, 2.24) is 10.6 Å². The highest BCUT2D eigenvalue weighted by Gasteiger charge is 2.21. The second kappa shape index (κ2) is 8.65. The molecule has 1 rings (SSSR count). The minimum Gasteiger partial charge on any atom is -0.480 e. The van der Waals surface area contributed by atoms with Crippen LogP contribution in [-0.4, -0.2) is 35.5 Å². The van der Waals surface area contributed by atoms with E-state index in [2.05, 4.69) is 31.4 Å². The summed E-state index contributed by atoms with van der Waals surface area (Å²) in [7, 11) is 0. The zero-order valence-electron chi connectivity index (χ0n) is 15.6. The molecule has 138 valence electrons. The van der Waals surface area contributed by atoms with Crippen molar-refractivity contribution < 1.29 is 19.5 Å². The maximum absolute atomic E-state index is 12.1. The molecule has 0 heterocycles. The molecule has 0 fully saturated rings. The second-order valence-corrected chi connectivity index (χ2v) is 7.60. The average Bonchev–Trinajstić information content (AvgIpc) is 2.50. The first-order valence-electron chi connectivity index (χ1n) is 8.41. The molecule has 0 aliphatic rings. The number of aliphatic carboxylic acids is 1. The molecule has 0 aromatic heterocycles. The maximum Gasteiger partial charge on any atom is 0.326 e. The molecule has 0 saturated carbocycles. The van der Waals surface area contributed by atoms with Crippen LogP contribution in [0.2, 0.25) is 0 Å². The van der Waals surface area contributed by atoms with E-state index in [-0.39, 0.29) is 23.8 Å². The molecule has 0 radical (unpaired) electrons. The van der Waals surface area contributed by atoms with E-state index in [0.717, 1.165) is 5.56 Å². The van der Waals surface area contributed by atoms with Gasteiger partial charge in [0.15, 0.2) is 0 Å². The van der Waals surface area contributed by atoms with Crippen molar-refractivity contribution in [2.24, 2.45) is 5.92 Å². The first-order chi connectivity index (χ1) is 11.5. The lowest BCUT2D eigenvalue weighted by Crippen LogP contribution is -2.46. The number of nitrogens with one attached hydrogen (secondary N) is 2. The van der Waals surface area contributed by atoms with Crippen LogP contribution in [0.4, 0.5) is 0 Å². The third kappa shape index (κ3) is 6.95. The maximum atomic E-state index is 12.1. The highest BCUT2D eigenvalue weighted by Crippen LogP contribution is 2.22. The van der Waals surface area contributed by atoms with E-state index in [9.17, 15) is 14.4 Å². The number of hydrogen-bond acceptors (Lipinski definition) is 3. The smallest absolute Gasteiger partial charge is 0.326 e. The Morgan fingerprint density at radius 1 is 1.08 bits per heavy atom. The van der Waals surface area contributed by atoms with Gasteiger partial charge in [0.25, 0.3) is 5.91 Å². The molecule has 6 nitrogen and oxygen atoms in total. The fraction of sp³-hybridized carbons (Fsp3) is 0.526. The number of rotatable bonds is 7. The Labute approximate surface area is 149 Å². The molecule has 0 aliphatic carbocycles. The van der Waals surface area contributed by atoms with Crippen LogP contribution >= 0.6 is 0 Å². The Morgan fingerprint density at radius 3 is 2.08 bits per heavy atom. The van der Waals surface area contributed by atoms with Crippen LogP contribution in [0.15, 0.2) is 24.3 Å². The van der Waals surface area contributed by atoms with Crippen molar-refractivity contribution in [3.8, 4) is 0 Å². The predicted octanol–water partition coefficient (Wildman–Crippen LogP) is 2.33. The molecule has 25 heavy (non-hydrogen) atoms. The summed E-state index contributed by atoms with van der Waals surface area (Å²) in [4.78, 5) is 35.1. The average molecular weight is 348 g/mol. The highest BCUT2D eigenvalue weighted by molar-refractivity contribution is 5.96. The summed E-state index contributed by atoms with van der Waals surface area (Å²) in [5.41, 5.74) is 1.56. The normalized spacial score (nSPS) is 12.6. The van der Waals surface area contributed by atoms with Crippen LogP contribution in [-0.2, 0) is 15.0 Å². The number of carbonyl (C=O) groups is 3. The van der Waals surface area contributed by atoms with Gasteiger partial charge in [-0.05, 0) is 35.4 Å². The standard InChI is InChI=1S/C19H28N2O4/c1-12(2)10-15(18(24)25)21-16(22)11-20-17(23)13-6-8-14(9-7-13)19(3,4)5/h6-9,12,15H,10-11H2,1-5H3,(H,20,23)(H,21,22)(H,24,25). The lowest BCUT2D eigenvalue weighted by molar-refractivity contribution is -0.142. The van der Waals surface area contributed by atoms with Crippen molar-refractivity contribution in [3.05, 3.63) is 35.4 Å². The third-order valence-corrected chi connectivity index (χ3v) is 3.76.